The maximum atomic E-state index is 12.4. The highest BCUT2D eigenvalue weighted by Gasteiger charge is 2.26. The third-order valence-electron chi connectivity index (χ3n) is 5.92. The van der Waals surface area contributed by atoms with Crippen molar-refractivity contribution in [2.45, 2.75) is 69.9 Å². The van der Waals surface area contributed by atoms with Crippen molar-refractivity contribution < 1.29 is 9.90 Å². The van der Waals surface area contributed by atoms with E-state index in [-0.39, 0.29) is 18.2 Å². The number of carbonyl (C=O) groups excluding carboxylic acids is 1. The highest BCUT2D eigenvalue weighted by molar-refractivity contribution is 5.74. The van der Waals surface area contributed by atoms with Crippen molar-refractivity contribution in [2.75, 3.05) is 32.7 Å². The van der Waals surface area contributed by atoms with E-state index < -0.39 is 0 Å². The Balaban J connectivity index is 1.35. The van der Waals surface area contributed by atoms with Gasteiger partial charge in [0.1, 0.15) is 0 Å². The number of nitrogens with one attached hydrogen (secondary N) is 1. The number of carbonyl (C=O) groups is 1. The van der Waals surface area contributed by atoms with Gasteiger partial charge in [-0.15, -0.1) is 0 Å². The lowest BCUT2D eigenvalue weighted by Gasteiger charge is -2.38. The van der Waals surface area contributed by atoms with Crippen LogP contribution in [0.15, 0.2) is 0 Å². The molecule has 5 nitrogen and oxygen atoms in total. The average Bonchev–Trinajstić information content (AvgIpc) is 2.58. The molecule has 1 heterocycles. The van der Waals surface area contributed by atoms with E-state index in [1.54, 1.807) is 0 Å². The van der Waals surface area contributed by atoms with Crippen LogP contribution in [0.1, 0.15) is 57.8 Å². The highest BCUT2D eigenvalue weighted by atomic mass is 16.3. The third kappa shape index (κ3) is 5.08. The molecule has 5 heteroatoms. The number of amides is 2. The number of hydrogen-bond donors (Lipinski definition) is 2. The molecule has 132 valence electrons. The lowest BCUT2D eigenvalue weighted by molar-refractivity contribution is 0.104. The van der Waals surface area contributed by atoms with Crippen molar-refractivity contribution in [1.29, 1.82) is 0 Å². The predicted octanol–water partition coefficient (Wildman–Crippen LogP) is 2.20. The average molecular weight is 323 g/mol. The summed E-state index contributed by atoms with van der Waals surface area (Å²) in [5.41, 5.74) is 0. The van der Waals surface area contributed by atoms with E-state index in [4.69, 9.17) is 0 Å². The van der Waals surface area contributed by atoms with Crippen LogP contribution in [0.25, 0.3) is 0 Å². The molecule has 3 fully saturated rings. The van der Waals surface area contributed by atoms with Gasteiger partial charge in [0.15, 0.2) is 0 Å². The summed E-state index contributed by atoms with van der Waals surface area (Å²) in [7, 11) is 0. The van der Waals surface area contributed by atoms with Gasteiger partial charge in [-0.3, -0.25) is 4.90 Å². The monoisotopic (exact) mass is 323 g/mol. The first-order valence-corrected chi connectivity index (χ1v) is 9.66. The fraction of sp³-hybridized carbons (Fsp3) is 0.944. The Bertz CT molecular complexity index is 368. The molecule has 3 aliphatic rings. The first-order chi connectivity index (χ1) is 11.2. The normalized spacial score (nSPS) is 31.1. The van der Waals surface area contributed by atoms with Crippen LogP contribution in [0, 0.1) is 5.92 Å². The van der Waals surface area contributed by atoms with Gasteiger partial charge in [-0.2, -0.15) is 0 Å². The fourth-order valence-corrected chi connectivity index (χ4v) is 4.35. The lowest BCUT2D eigenvalue weighted by atomic mass is 9.89. The largest absolute Gasteiger partial charge is 0.393 e. The standard InChI is InChI=1S/C18H33N3O2/c22-17-8-6-16(7-9-17)19-18(23)21-12-10-20(11-13-21)14-15-4-2-1-3-5-15/h15-17,22H,1-14H2,(H,19,23). The molecular weight excluding hydrogens is 290 g/mol. The molecule has 0 aromatic heterocycles. The number of rotatable bonds is 3. The summed E-state index contributed by atoms with van der Waals surface area (Å²) < 4.78 is 0. The Kier molecular flexibility index (Phi) is 6.17. The van der Waals surface area contributed by atoms with Gasteiger partial charge in [-0.25, -0.2) is 4.79 Å². The Hall–Kier alpha value is -0.810. The molecule has 0 spiro atoms. The second-order valence-corrected chi connectivity index (χ2v) is 7.75. The summed E-state index contributed by atoms with van der Waals surface area (Å²) in [6.07, 6.45) is 10.3. The second kappa shape index (κ2) is 8.34. The number of urea groups is 1. The van der Waals surface area contributed by atoms with Crippen LogP contribution in [-0.2, 0) is 0 Å². The number of nitrogens with zero attached hydrogens (tertiary/aromatic N) is 2. The number of aliphatic hydroxyl groups excluding tert-OH is 1. The molecule has 0 bridgehead atoms. The fourth-order valence-electron chi connectivity index (χ4n) is 4.35. The molecule has 2 N–H and O–H groups in total. The van der Waals surface area contributed by atoms with Crippen LogP contribution in [0.3, 0.4) is 0 Å². The smallest absolute Gasteiger partial charge is 0.317 e. The van der Waals surface area contributed by atoms with Gasteiger partial charge < -0.3 is 15.3 Å². The van der Waals surface area contributed by atoms with Crippen LogP contribution in [-0.4, -0.2) is 65.8 Å². The maximum Gasteiger partial charge on any atom is 0.317 e. The molecule has 0 aromatic carbocycles. The van der Waals surface area contributed by atoms with E-state index >= 15 is 0 Å². The number of aliphatic hydroxyl groups is 1. The molecular formula is C18H33N3O2. The van der Waals surface area contributed by atoms with E-state index in [0.717, 1.165) is 57.8 Å². The minimum absolute atomic E-state index is 0.101. The SMILES string of the molecule is O=C(NC1CCC(O)CC1)N1CCN(CC2CCCCC2)CC1. The Morgan fingerprint density at radius 3 is 2.22 bits per heavy atom. The second-order valence-electron chi connectivity index (χ2n) is 7.75. The van der Waals surface area contributed by atoms with Crippen LogP contribution in [0.2, 0.25) is 0 Å². The predicted molar refractivity (Wildman–Crippen MR) is 91.4 cm³/mol. The maximum absolute atomic E-state index is 12.4. The van der Waals surface area contributed by atoms with Crippen molar-refractivity contribution in [2.24, 2.45) is 5.92 Å². The summed E-state index contributed by atoms with van der Waals surface area (Å²) in [4.78, 5) is 16.9. The zero-order chi connectivity index (χ0) is 16.1. The van der Waals surface area contributed by atoms with Crippen molar-refractivity contribution in [3.05, 3.63) is 0 Å². The van der Waals surface area contributed by atoms with Gasteiger partial charge in [0, 0.05) is 38.8 Å². The van der Waals surface area contributed by atoms with E-state index in [9.17, 15) is 9.90 Å². The molecule has 1 saturated heterocycles. The van der Waals surface area contributed by atoms with Crippen LogP contribution in [0.5, 0.6) is 0 Å². The van der Waals surface area contributed by atoms with E-state index in [1.165, 1.54) is 38.6 Å². The first-order valence-electron chi connectivity index (χ1n) is 9.66. The van der Waals surface area contributed by atoms with Crippen molar-refractivity contribution >= 4 is 6.03 Å². The summed E-state index contributed by atoms with van der Waals surface area (Å²) in [6, 6.07) is 0.356. The topological polar surface area (TPSA) is 55.8 Å². The molecule has 0 aromatic rings. The van der Waals surface area contributed by atoms with Gasteiger partial charge in [-0.05, 0) is 44.4 Å². The summed E-state index contributed by atoms with van der Waals surface area (Å²) in [5, 5.41) is 12.7. The summed E-state index contributed by atoms with van der Waals surface area (Å²) in [6.45, 7) is 4.98. The molecule has 3 rings (SSSR count). The van der Waals surface area contributed by atoms with Crippen LogP contribution >= 0.6 is 0 Å². The van der Waals surface area contributed by atoms with E-state index in [1.807, 2.05) is 4.90 Å². The van der Waals surface area contributed by atoms with Gasteiger partial charge in [0.25, 0.3) is 0 Å². The third-order valence-corrected chi connectivity index (χ3v) is 5.92. The molecule has 2 amide bonds. The van der Waals surface area contributed by atoms with Crippen LogP contribution < -0.4 is 5.32 Å². The summed E-state index contributed by atoms with van der Waals surface area (Å²) in [5.74, 6) is 0.887. The lowest BCUT2D eigenvalue weighted by Crippen LogP contribution is -2.54. The number of piperazine rings is 1. The molecule has 0 radical (unpaired) electrons. The minimum Gasteiger partial charge on any atom is -0.393 e. The van der Waals surface area contributed by atoms with Crippen molar-refractivity contribution in [3.8, 4) is 0 Å². The van der Waals surface area contributed by atoms with Crippen molar-refractivity contribution in [3.63, 3.8) is 0 Å². The van der Waals surface area contributed by atoms with Gasteiger partial charge in [-0.1, -0.05) is 19.3 Å². The van der Waals surface area contributed by atoms with Gasteiger partial charge >= 0.3 is 6.03 Å². The first kappa shape index (κ1) is 17.0. The molecule has 0 unspecified atom stereocenters. The Morgan fingerprint density at radius 2 is 1.57 bits per heavy atom. The number of hydrogen-bond acceptors (Lipinski definition) is 3. The van der Waals surface area contributed by atoms with E-state index in [2.05, 4.69) is 10.2 Å². The highest BCUT2D eigenvalue weighted by Crippen LogP contribution is 2.25. The van der Waals surface area contributed by atoms with Crippen LogP contribution in [0.4, 0.5) is 4.79 Å². The summed E-state index contributed by atoms with van der Waals surface area (Å²) >= 11 is 0. The molecule has 2 aliphatic carbocycles. The molecule has 2 saturated carbocycles. The molecule has 1 aliphatic heterocycles. The zero-order valence-corrected chi connectivity index (χ0v) is 14.4. The Morgan fingerprint density at radius 1 is 0.913 bits per heavy atom. The van der Waals surface area contributed by atoms with Gasteiger partial charge in [0.05, 0.1) is 6.10 Å². The zero-order valence-electron chi connectivity index (χ0n) is 14.4. The molecule has 23 heavy (non-hydrogen) atoms. The van der Waals surface area contributed by atoms with E-state index in [0.29, 0.717) is 0 Å². The van der Waals surface area contributed by atoms with Gasteiger partial charge in [0.2, 0.25) is 0 Å². The minimum atomic E-state index is -0.161. The van der Waals surface area contributed by atoms with Crippen molar-refractivity contribution in [1.82, 2.24) is 15.1 Å². The quantitative estimate of drug-likeness (QED) is 0.837. The molecule has 0 atom stereocenters. The Labute approximate surface area is 140 Å².